The highest BCUT2D eigenvalue weighted by atomic mass is 16.3. The molecule has 1 heterocycles. The maximum atomic E-state index is 9.86. The Morgan fingerprint density at radius 3 is 2.40 bits per heavy atom. The molecule has 0 aromatic carbocycles. The van der Waals surface area contributed by atoms with E-state index in [1.54, 1.807) is 13.1 Å². The third kappa shape index (κ3) is 4.76. The first kappa shape index (κ1) is 16.9. The summed E-state index contributed by atoms with van der Waals surface area (Å²) < 4.78 is 0. The first-order valence-corrected chi connectivity index (χ1v) is 7.74. The van der Waals surface area contributed by atoms with Crippen LogP contribution in [0.25, 0.3) is 0 Å². The molecular formula is C16H29N3O. The highest BCUT2D eigenvalue weighted by Crippen LogP contribution is 2.23. The normalized spacial score (nSPS) is 12.7. The summed E-state index contributed by atoms with van der Waals surface area (Å²) >= 11 is 0. The van der Waals surface area contributed by atoms with Gasteiger partial charge in [-0.05, 0) is 46.0 Å². The lowest BCUT2D eigenvalue weighted by Crippen LogP contribution is -2.31. The van der Waals surface area contributed by atoms with E-state index >= 15 is 0 Å². The van der Waals surface area contributed by atoms with Crippen LogP contribution in [0, 0.1) is 0 Å². The Morgan fingerprint density at radius 2 is 1.85 bits per heavy atom. The van der Waals surface area contributed by atoms with Crippen LogP contribution in [0.2, 0.25) is 0 Å². The van der Waals surface area contributed by atoms with Gasteiger partial charge >= 0.3 is 0 Å². The Hall–Kier alpha value is -1.13. The van der Waals surface area contributed by atoms with Crippen LogP contribution in [0.15, 0.2) is 18.3 Å². The SMILES string of the molecule is CCN(CC)CCCN(CC)c1ncccc1C(C)O. The van der Waals surface area contributed by atoms with Crippen LogP contribution in [-0.2, 0) is 0 Å². The zero-order valence-corrected chi connectivity index (χ0v) is 13.3. The molecule has 0 saturated carbocycles. The number of aliphatic hydroxyl groups is 1. The molecule has 0 aliphatic heterocycles. The van der Waals surface area contributed by atoms with Crippen molar-refractivity contribution in [2.24, 2.45) is 0 Å². The molecule has 0 radical (unpaired) electrons. The minimum Gasteiger partial charge on any atom is -0.389 e. The fraction of sp³-hybridized carbons (Fsp3) is 0.688. The van der Waals surface area contributed by atoms with Crippen molar-refractivity contribution in [1.29, 1.82) is 0 Å². The second-order valence-corrected chi connectivity index (χ2v) is 5.05. The first-order chi connectivity index (χ1) is 9.63. The summed E-state index contributed by atoms with van der Waals surface area (Å²) in [5.41, 5.74) is 0.914. The number of hydrogen-bond donors (Lipinski definition) is 1. The highest BCUT2D eigenvalue weighted by Gasteiger charge is 2.14. The molecule has 0 aliphatic carbocycles. The van der Waals surface area contributed by atoms with E-state index in [0.717, 1.165) is 50.5 Å². The maximum absolute atomic E-state index is 9.86. The van der Waals surface area contributed by atoms with Crippen LogP contribution in [0.3, 0.4) is 0 Å². The van der Waals surface area contributed by atoms with Crippen LogP contribution in [0.5, 0.6) is 0 Å². The predicted molar refractivity (Wildman–Crippen MR) is 85.2 cm³/mol. The molecule has 0 fully saturated rings. The van der Waals surface area contributed by atoms with Crippen molar-refractivity contribution in [3.8, 4) is 0 Å². The molecule has 0 bridgehead atoms. The van der Waals surface area contributed by atoms with Gasteiger partial charge in [0.25, 0.3) is 0 Å². The van der Waals surface area contributed by atoms with Gasteiger partial charge in [0.05, 0.1) is 6.10 Å². The summed E-state index contributed by atoms with van der Waals surface area (Å²) in [6.07, 6.45) is 2.44. The maximum Gasteiger partial charge on any atom is 0.134 e. The predicted octanol–water partition coefficient (Wildman–Crippen LogP) is 2.69. The van der Waals surface area contributed by atoms with Gasteiger partial charge in [0.1, 0.15) is 5.82 Å². The summed E-state index contributed by atoms with van der Waals surface area (Å²) in [6, 6.07) is 3.84. The number of rotatable bonds is 9. The van der Waals surface area contributed by atoms with E-state index in [0.29, 0.717) is 0 Å². The lowest BCUT2D eigenvalue weighted by Gasteiger charge is -2.26. The van der Waals surface area contributed by atoms with E-state index < -0.39 is 6.10 Å². The van der Waals surface area contributed by atoms with E-state index in [4.69, 9.17) is 0 Å². The second kappa shape index (κ2) is 8.93. The smallest absolute Gasteiger partial charge is 0.134 e. The largest absolute Gasteiger partial charge is 0.389 e. The average Bonchev–Trinajstić information content (AvgIpc) is 2.47. The molecule has 1 unspecified atom stereocenters. The molecular weight excluding hydrogens is 250 g/mol. The molecule has 1 aromatic heterocycles. The molecule has 0 spiro atoms. The van der Waals surface area contributed by atoms with Crippen molar-refractivity contribution in [1.82, 2.24) is 9.88 Å². The molecule has 1 atom stereocenters. The van der Waals surface area contributed by atoms with Gasteiger partial charge in [0.2, 0.25) is 0 Å². The fourth-order valence-corrected chi connectivity index (χ4v) is 2.44. The number of nitrogens with zero attached hydrogens (tertiary/aromatic N) is 3. The third-order valence-electron chi connectivity index (χ3n) is 3.75. The molecule has 0 amide bonds. The van der Waals surface area contributed by atoms with E-state index in [-0.39, 0.29) is 0 Å². The topological polar surface area (TPSA) is 39.6 Å². The van der Waals surface area contributed by atoms with E-state index in [9.17, 15) is 5.11 Å². The Kier molecular flexibility index (Phi) is 7.55. The van der Waals surface area contributed by atoms with Crippen molar-refractivity contribution >= 4 is 5.82 Å². The van der Waals surface area contributed by atoms with Crippen LogP contribution in [0.1, 0.15) is 45.8 Å². The van der Waals surface area contributed by atoms with E-state index in [1.807, 2.05) is 12.1 Å². The molecule has 4 heteroatoms. The third-order valence-corrected chi connectivity index (χ3v) is 3.75. The number of pyridine rings is 1. The average molecular weight is 279 g/mol. The van der Waals surface area contributed by atoms with Gasteiger partial charge in [-0.1, -0.05) is 19.9 Å². The minimum absolute atomic E-state index is 0.476. The van der Waals surface area contributed by atoms with Gasteiger partial charge in [-0.3, -0.25) is 0 Å². The van der Waals surface area contributed by atoms with Gasteiger partial charge in [-0.15, -0.1) is 0 Å². The Bertz CT molecular complexity index is 378. The van der Waals surface area contributed by atoms with Crippen molar-refractivity contribution in [2.75, 3.05) is 37.6 Å². The molecule has 0 aliphatic rings. The van der Waals surface area contributed by atoms with Gasteiger partial charge < -0.3 is 14.9 Å². The highest BCUT2D eigenvalue weighted by molar-refractivity contribution is 5.47. The molecule has 1 N–H and O–H groups in total. The summed E-state index contributed by atoms with van der Waals surface area (Å²) in [7, 11) is 0. The van der Waals surface area contributed by atoms with Crippen LogP contribution < -0.4 is 4.90 Å². The zero-order valence-electron chi connectivity index (χ0n) is 13.3. The summed E-state index contributed by atoms with van der Waals surface area (Å²) in [5, 5.41) is 9.86. The summed E-state index contributed by atoms with van der Waals surface area (Å²) in [5.74, 6) is 0.921. The lowest BCUT2D eigenvalue weighted by molar-refractivity contribution is 0.199. The fourth-order valence-electron chi connectivity index (χ4n) is 2.44. The molecule has 20 heavy (non-hydrogen) atoms. The van der Waals surface area contributed by atoms with Crippen molar-refractivity contribution < 1.29 is 5.11 Å². The van der Waals surface area contributed by atoms with Crippen molar-refractivity contribution in [3.63, 3.8) is 0 Å². The van der Waals surface area contributed by atoms with Gasteiger partial charge in [0, 0.05) is 24.8 Å². The number of aliphatic hydroxyl groups excluding tert-OH is 1. The molecule has 1 rings (SSSR count). The van der Waals surface area contributed by atoms with Gasteiger partial charge in [-0.25, -0.2) is 4.98 Å². The summed E-state index contributed by atoms with van der Waals surface area (Å²) in [6.45, 7) is 13.5. The Balaban J connectivity index is 2.67. The van der Waals surface area contributed by atoms with Crippen LogP contribution in [0.4, 0.5) is 5.82 Å². The lowest BCUT2D eigenvalue weighted by atomic mass is 10.1. The number of hydrogen-bond acceptors (Lipinski definition) is 4. The Morgan fingerprint density at radius 1 is 1.15 bits per heavy atom. The monoisotopic (exact) mass is 279 g/mol. The summed E-state index contributed by atoms with van der Waals surface area (Å²) in [4.78, 5) is 9.15. The number of aromatic nitrogens is 1. The number of anilines is 1. The molecule has 4 nitrogen and oxygen atoms in total. The van der Waals surface area contributed by atoms with E-state index in [2.05, 4.69) is 35.6 Å². The van der Waals surface area contributed by atoms with E-state index in [1.165, 1.54) is 0 Å². The quantitative estimate of drug-likeness (QED) is 0.754. The molecule has 114 valence electrons. The van der Waals surface area contributed by atoms with Crippen molar-refractivity contribution in [2.45, 2.75) is 40.2 Å². The van der Waals surface area contributed by atoms with Crippen LogP contribution >= 0.6 is 0 Å². The standard InChI is InChI=1S/C16H29N3O/c1-5-18(6-2)12-9-13-19(7-3)16-15(14(4)20)10-8-11-17-16/h8,10-11,14,20H,5-7,9,12-13H2,1-4H3. The van der Waals surface area contributed by atoms with Crippen LogP contribution in [-0.4, -0.2) is 47.7 Å². The zero-order chi connectivity index (χ0) is 15.0. The molecule has 1 aromatic rings. The Labute approximate surface area is 123 Å². The second-order valence-electron chi connectivity index (χ2n) is 5.05. The molecule has 0 saturated heterocycles. The van der Waals surface area contributed by atoms with Crippen molar-refractivity contribution in [3.05, 3.63) is 23.9 Å². The van der Waals surface area contributed by atoms with Gasteiger partial charge in [0.15, 0.2) is 0 Å². The first-order valence-electron chi connectivity index (χ1n) is 7.74. The van der Waals surface area contributed by atoms with Gasteiger partial charge in [-0.2, -0.15) is 0 Å². The minimum atomic E-state index is -0.476.